The molecule has 0 aromatic heterocycles. The first kappa shape index (κ1) is 9.79. The minimum atomic E-state index is 0.630. The molecular weight excluding hydrogens is 146 g/mol. The lowest BCUT2D eigenvalue weighted by Crippen LogP contribution is -2.15. The van der Waals surface area contributed by atoms with Crippen molar-refractivity contribution in [3.05, 3.63) is 11.6 Å². The van der Waals surface area contributed by atoms with Gasteiger partial charge in [-0.15, -0.1) is 0 Å². The van der Waals surface area contributed by atoms with Gasteiger partial charge in [-0.3, -0.25) is 4.90 Å². The van der Waals surface area contributed by atoms with Gasteiger partial charge in [-0.05, 0) is 25.3 Å². The number of hydrogen-bond acceptors (Lipinski definition) is 1. The highest BCUT2D eigenvalue weighted by Crippen LogP contribution is 2.52. The van der Waals surface area contributed by atoms with Gasteiger partial charge in [0.1, 0.15) is 0 Å². The van der Waals surface area contributed by atoms with Crippen LogP contribution in [0.5, 0.6) is 0 Å². The van der Waals surface area contributed by atoms with Crippen molar-refractivity contribution in [2.75, 3.05) is 20.1 Å². The van der Waals surface area contributed by atoms with Gasteiger partial charge < -0.3 is 0 Å². The monoisotopic (exact) mass is 167 g/mol. The van der Waals surface area contributed by atoms with Gasteiger partial charge in [0.15, 0.2) is 0 Å². The maximum Gasteiger partial charge on any atom is 0.0199 e. The van der Waals surface area contributed by atoms with E-state index in [1.807, 2.05) is 13.8 Å². The molecule has 1 nitrogen and oxygen atoms in total. The molecule has 1 heteroatoms. The van der Waals surface area contributed by atoms with E-state index < -0.39 is 0 Å². The minimum Gasteiger partial charge on any atom is -0.299 e. The lowest BCUT2D eigenvalue weighted by atomic mass is 9.99. The third kappa shape index (κ3) is 1.89. The second kappa shape index (κ2) is 3.61. The van der Waals surface area contributed by atoms with Crippen molar-refractivity contribution in [3.63, 3.8) is 0 Å². The first-order valence-electron chi connectivity index (χ1n) is 5.09. The van der Waals surface area contributed by atoms with Crippen molar-refractivity contribution in [3.8, 4) is 0 Å². The fourth-order valence-electron chi connectivity index (χ4n) is 1.63. The Bertz CT molecular complexity index is 177. The first-order chi connectivity index (χ1) is 5.71. The first-order valence-corrected chi connectivity index (χ1v) is 5.09. The average molecular weight is 167 g/mol. The molecule has 0 atom stereocenters. The van der Waals surface area contributed by atoms with Gasteiger partial charge in [0, 0.05) is 13.1 Å². The molecule has 0 bridgehead atoms. The molecule has 0 N–H and O–H groups in total. The molecule has 70 valence electrons. The van der Waals surface area contributed by atoms with Crippen LogP contribution in [0, 0.1) is 5.41 Å². The van der Waals surface area contributed by atoms with Gasteiger partial charge >= 0.3 is 0 Å². The van der Waals surface area contributed by atoms with E-state index in [2.05, 4.69) is 24.9 Å². The Morgan fingerprint density at radius 2 is 1.92 bits per heavy atom. The summed E-state index contributed by atoms with van der Waals surface area (Å²) in [5.41, 5.74) is 2.32. The summed E-state index contributed by atoms with van der Waals surface area (Å²) in [6.45, 7) is 8.78. The van der Waals surface area contributed by atoms with Crippen LogP contribution < -0.4 is 0 Å². The third-order valence-corrected chi connectivity index (χ3v) is 2.86. The molecule has 0 spiro atoms. The summed E-state index contributed by atoms with van der Waals surface area (Å²) >= 11 is 0. The molecule has 1 heterocycles. The van der Waals surface area contributed by atoms with Crippen molar-refractivity contribution >= 4 is 0 Å². The largest absolute Gasteiger partial charge is 0.299 e. The summed E-state index contributed by atoms with van der Waals surface area (Å²) in [5.74, 6) is 0. The zero-order chi connectivity index (χ0) is 9.19. The van der Waals surface area contributed by atoms with Crippen molar-refractivity contribution in [1.29, 1.82) is 0 Å². The van der Waals surface area contributed by atoms with E-state index in [0.717, 1.165) is 0 Å². The summed E-state index contributed by atoms with van der Waals surface area (Å²) < 4.78 is 0. The standard InChI is InChI=1S/C9H15N.C2H6/c1-9(4-5-9)8-3-6-10(2)7-8;1-2/h3H,4-7H2,1-2H3;1-2H3. The second-order valence-electron chi connectivity index (χ2n) is 3.99. The van der Waals surface area contributed by atoms with Crippen LogP contribution >= 0.6 is 0 Å². The van der Waals surface area contributed by atoms with E-state index >= 15 is 0 Å². The van der Waals surface area contributed by atoms with Gasteiger partial charge in [0.25, 0.3) is 0 Å². The van der Waals surface area contributed by atoms with E-state index in [-0.39, 0.29) is 0 Å². The van der Waals surface area contributed by atoms with Gasteiger partial charge in [-0.25, -0.2) is 0 Å². The van der Waals surface area contributed by atoms with Crippen LogP contribution in [0.1, 0.15) is 33.6 Å². The molecule has 0 saturated heterocycles. The van der Waals surface area contributed by atoms with Crippen LogP contribution in [0.4, 0.5) is 0 Å². The molecule has 0 aromatic carbocycles. The van der Waals surface area contributed by atoms with Crippen LogP contribution in [0.25, 0.3) is 0 Å². The molecule has 2 aliphatic rings. The lowest BCUT2D eigenvalue weighted by Gasteiger charge is -2.12. The summed E-state index contributed by atoms with van der Waals surface area (Å²) in [7, 11) is 2.19. The Balaban J connectivity index is 0.000000336. The van der Waals surface area contributed by atoms with Crippen molar-refractivity contribution in [2.45, 2.75) is 33.6 Å². The SMILES string of the molecule is CC.CN1CC=C(C2(C)CC2)C1. The van der Waals surface area contributed by atoms with Gasteiger partial charge in [0.2, 0.25) is 0 Å². The van der Waals surface area contributed by atoms with Crippen LogP contribution in [0.3, 0.4) is 0 Å². The normalized spacial score (nSPS) is 25.8. The average Bonchev–Trinajstić information content (AvgIpc) is 2.66. The Hall–Kier alpha value is -0.300. The van der Waals surface area contributed by atoms with E-state index in [1.165, 1.54) is 25.9 Å². The summed E-state index contributed by atoms with van der Waals surface area (Å²) in [4.78, 5) is 2.37. The zero-order valence-electron chi connectivity index (χ0n) is 8.85. The van der Waals surface area contributed by atoms with Crippen molar-refractivity contribution < 1.29 is 0 Å². The molecule has 1 saturated carbocycles. The predicted molar refractivity (Wildman–Crippen MR) is 54.3 cm³/mol. The van der Waals surface area contributed by atoms with E-state index in [1.54, 1.807) is 5.57 Å². The fraction of sp³-hybridized carbons (Fsp3) is 0.818. The smallest absolute Gasteiger partial charge is 0.0199 e. The van der Waals surface area contributed by atoms with E-state index in [0.29, 0.717) is 5.41 Å². The molecule has 1 fully saturated rings. The molecule has 0 aromatic rings. The highest BCUT2D eigenvalue weighted by Gasteiger charge is 2.41. The molecular formula is C11H21N. The van der Waals surface area contributed by atoms with Crippen LogP contribution in [0.2, 0.25) is 0 Å². The van der Waals surface area contributed by atoms with Gasteiger partial charge in [-0.2, -0.15) is 0 Å². The lowest BCUT2D eigenvalue weighted by molar-refractivity contribution is 0.416. The van der Waals surface area contributed by atoms with Crippen LogP contribution in [-0.4, -0.2) is 25.0 Å². The quantitative estimate of drug-likeness (QED) is 0.543. The number of hydrogen-bond donors (Lipinski definition) is 0. The predicted octanol–water partition coefficient (Wildman–Crippen LogP) is 2.68. The highest BCUT2D eigenvalue weighted by molar-refractivity contribution is 5.25. The second-order valence-corrected chi connectivity index (χ2v) is 3.99. The minimum absolute atomic E-state index is 0.630. The third-order valence-electron chi connectivity index (χ3n) is 2.86. The zero-order valence-corrected chi connectivity index (χ0v) is 8.85. The molecule has 1 aliphatic carbocycles. The van der Waals surface area contributed by atoms with E-state index in [4.69, 9.17) is 0 Å². The maximum atomic E-state index is 2.41. The molecule has 12 heavy (non-hydrogen) atoms. The van der Waals surface area contributed by atoms with E-state index in [9.17, 15) is 0 Å². The van der Waals surface area contributed by atoms with Crippen LogP contribution in [-0.2, 0) is 0 Å². The maximum absolute atomic E-state index is 2.41. The topological polar surface area (TPSA) is 3.24 Å². The van der Waals surface area contributed by atoms with Gasteiger partial charge in [0.05, 0.1) is 0 Å². The Morgan fingerprint density at radius 1 is 1.33 bits per heavy atom. The molecule has 0 radical (unpaired) electrons. The Kier molecular flexibility index (Phi) is 2.94. The molecule has 0 amide bonds. The Morgan fingerprint density at radius 3 is 2.25 bits per heavy atom. The van der Waals surface area contributed by atoms with Gasteiger partial charge in [-0.1, -0.05) is 32.4 Å². The Labute approximate surface area is 76.5 Å². The van der Waals surface area contributed by atoms with Crippen molar-refractivity contribution in [2.24, 2.45) is 5.41 Å². The molecule has 1 aliphatic heterocycles. The fourth-order valence-corrected chi connectivity index (χ4v) is 1.63. The molecule has 2 rings (SSSR count). The highest BCUT2D eigenvalue weighted by atomic mass is 15.1. The van der Waals surface area contributed by atoms with Crippen molar-refractivity contribution in [1.82, 2.24) is 4.90 Å². The summed E-state index contributed by atoms with van der Waals surface area (Å²) in [6, 6.07) is 0. The number of nitrogens with zero attached hydrogens (tertiary/aromatic N) is 1. The summed E-state index contributed by atoms with van der Waals surface area (Å²) in [6.07, 6.45) is 5.26. The van der Waals surface area contributed by atoms with Crippen LogP contribution in [0.15, 0.2) is 11.6 Å². The number of likely N-dealkylation sites (N-methyl/N-ethyl adjacent to an activating group) is 1. The molecule has 0 unspecified atom stereocenters. The summed E-state index contributed by atoms with van der Waals surface area (Å²) in [5, 5.41) is 0. The number of rotatable bonds is 1.